The van der Waals surface area contributed by atoms with Crippen LogP contribution in [0.15, 0.2) is 52.5 Å². The van der Waals surface area contributed by atoms with Crippen molar-refractivity contribution in [3.63, 3.8) is 0 Å². The highest BCUT2D eigenvalue weighted by Gasteiger charge is 2.31. The molecule has 0 aliphatic rings. The molecule has 0 aliphatic carbocycles. The van der Waals surface area contributed by atoms with E-state index in [0.717, 1.165) is 23.6 Å². The molecular formula is C19H19F3N3O2S+. The van der Waals surface area contributed by atoms with E-state index in [2.05, 4.69) is 4.98 Å². The normalized spacial score (nSPS) is 12.8. The first-order chi connectivity index (χ1) is 13.3. The monoisotopic (exact) mass is 410 g/mol. The maximum atomic E-state index is 13.0. The van der Waals surface area contributed by atoms with E-state index in [4.69, 9.17) is 4.42 Å². The van der Waals surface area contributed by atoms with E-state index in [1.54, 1.807) is 11.6 Å². The van der Waals surface area contributed by atoms with E-state index < -0.39 is 17.6 Å². The Morgan fingerprint density at radius 1 is 1.32 bits per heavy atom. The highest BCUT2D eigenvalue weighted by molar-refractivity contribution is 7.14. The van der Waals surface area contributed by atoms with Crippen molar-refractivity contribution in [3.05, 3.63) is 65.1 Å². The van der Waals surface area contributed by atoms with Gasteiger partial charge in [0.2, 0.25) is 5.91 Å². The lowest BCUT2D eigenvalue weighted by Crippen LogP contribution is -2.83. The molecule has 9 heteroatoms. The first-order valence-corrected chi connectivity index (χ1v) is 9.42. The lowest BCUT2D eigenvalue weighted by Gasteiger charge is -2.19. The predicted octanol–water partition coefficient (Wildman–Crippen LogP) is 4.26. The average Bonchev–Trinajstić information content (AvgIpc) is 3.31. The number of anilines is 2. The maximum absolute atomic E-state index is 13.0. The van der Waals surface area contributed by atoms with Crippen LogP contribution in [0.1, 0.15) is 36.9 Å². The van der Waals surface area contributed by atoms with Crippen LogP contribution in [-0.2, 0) is 17.5 Å². The zero-order valence-corrected chi connectivity index (χ0v) is 16.1. The molecule has 3 aromatic rings. The Balaban J connectivity index is 1.78. The molecule has 2 N–H and O–H groups in total. The number of thiazole rings is 1. The molecule has 0 radical (unpaired) electrons. The Kier molecular flexibility index (Phi) is 5.85. The number of carbonyl (C=O) groups is 1. The maximum Gasteiger partial charge on any atom is 0.416 e. The lowest BCUT2D eigenvalue weighted by molar-refractivity contribution is -0.710. The molecule has 148 valence electrons. The van der Waals surface area contributed by atoms with Gasteiger partial charge in [0, 0.05) is 12.3 Å². The highest BCUT2D eigenvalue weighted by atomic mass is 32.1. The fourth-order valence-electron chi connectivity index (χ4n) is 2.71. The summed E-state index contributed by atoms with van der Waals surface area (Å²) >= 11 is 1.21. The van der Waals surface area contributed by atoms with E-state index >= 15 is 0 Å². The number of aromatic nitrogens is 1. The number of amides is 1. The first-order valence-electron chi connectivity index (χ1n) is 8.55. The third-order valence-electron chi connectivity index (χ3n) is 4.15. The number of hydrogen-bond acceptors (Lipinski definition) is 4. The van der Waals surface area contributed by atoms with Crippen LogP contribution in [0.2, 0.25) is 0 Å². The number of nitrogens with two attached hydrogens (primary N) is 1. The summed E-state index contributed by atoms with van der Waals surface area (Å²) < 4.78 is 44.4. The van der Waals surface area contributed by atoms with Crippen LogP contribution in [0, 0.1) is 0 Å². The van der Waals surface area contributed by atoms with Gasteiger partial charge in [-0.05, 0) is 37.3 Å². The zero-order valence-electron chi connectivity index (χ0n) is 15.2. The van der Waals surface area contributed by atoms with Crippen LogP contribution >= 0.6 is 11.3 Å². The van der Waals surface area contributed by atoms with Gasteiger partial charge in [-0.25, -0.2) is 4.98 Å². The van der Waals surface area contributed by atoms with Crippen molar-refractivity contribution >= 4 is 28.1 Å². The van der Waals surface area contributed by atoms with Crippen molar-refractivity contribution in [2.45, 2.75) is 32.6 Å². The van der Waals surface area contributed by atoms with Crippen LogP contribution in [0.4, 0.5) is 24.0 Å². The summed E-state index contributed by atoms with van der Waals surface area (Å²) in [6, 6.07) is 8.46. The molecule has 0 saturated heterocycles. The highest BCUT2D eigenvalue weighted by Crippen LogP contribution is 2.34. The summed E-state index contributed by atoms with van der Waals surface area (Å²) in [4.78, 5) is 17.8. The first kappa shape index (κ1) is 20.1. The van der Waals surface area contributed by atoms with Crippen molar-refractivity contribution in [2.24, 2.45) is 0 Å². The fraction of sp³-hybridized carbons (Fsp3) is 0.263. The third-order valence-corrected chi connectivity index (χ3v) is 5.02. The summed E-state index contributed by atoms with van der Waals surface area (Å²) in [6.45, 7) is 3.84. The molecule has 5 nitrogen and oxygen atoms in total. The minimum absolute atomic E-state index is 0.0903. The van der Waals surface area contributed by atoms with Gasteiger partial charge in [0.1, 0.15) is 18.3 Å². The number of halogens is 3. The molecular weight excluding hydrogens is 391 g/mol. The molecule has 1 atom stereocenters. The third kappa shape index (κ3) is 4.60. The summed E-state index contributed by atoms with van der Waals surface area (Å²) in [5, 5.41) is 4.16. The van der Waals surface area contributed by atoms with Gasteiger partial charge in [-0.15, -0.1) is 11.3 Å². The van der Waals surface area contributed by atoms with E-state index in [0.29, 0.717) is 11.7 Å². The second-order valence-corrected chi connectivity index (χ2v) is 7.10. The van der Waals surface area contributed by atoms with Crippen LogP contribution in [0.25, 0.3) is 0 Å². The molecule has 28 heavy (non-hydrogen) atoms. The number of quaternary nitrogens is 1. The van der Waals surface area contributed by atoms with Crippen LogP contribution < -0.4 is 10.2 Å². The lowest BCUT2D eigenvalue weighted by atomic mass is 10.2. The Morgan fingerprint density at radius 3 is 2.75 bits per heavy atom. The van der Waals surface area contributed by atoms with E-state index in [1.807, 2.05) is 24.4 Å². The van der Waals surface area contributed by atoms with Gasteiger partial charge in [0.05, 0.1) is 17.5 Å². The Hall–Kier alpha value is -2.65. The van der Waals surface area contributed by atoms with Crippen molar-refractivity contribution < 1.29 is 27.7 Å². The molecule has 0 bridgehead atoms. The van der Waals surface area contributed by atoms with Gasteiger partial charge < -0.3 is 9.73 Å². The number of rotatable bonds is 6. The zero-order chi connectivity index (χ0) is 20.3. The summed E-state index contributed by atoms with van der Waals surface area (Å²) in [7, 11) is 0. The van der Waals surface area contributed by atoms with Gasteiger partial charge in [-0.3, -0.25) is 9.69 Å². The molecule has 0 spiro atoms. The predicted molar refractivity (Wildman–Crippen MR) is 99.1 cm³/mol. The number of carbonyl (C=O) groups excluding carboxylic acids is 1. The standard InChI is InChI=1S/C19H18F3N3O2S/c1-12(17-7-4-8-27-17)23-10-15-11-28-18(24-15)25(13(2)26)16-6-3-5-14(9-16)19(20,21)22/h3-9,11-12,23H,10H2,1-2H3/p+1/t12-/m1/s1. The van der Waals surface area contributed by atoms with Crippen molar-refractivity contribution in [2.75, 3.05) is 4.90 Å². The Morgan fingerprint density at radius 2 is 2.11 bits per heavy atom. The minimum Gasteiger partial charge on any atom is -0.463 e. The van der Waals surface area contributed by atoms with Crippen LogP contribution in [0.3, 0.4) is 0 Å². The fourth-order valence-corrected chi connectivity index (χ4v) is 3.60. The van der Waals surface area contributed by atoms with E-state index in [9.17, 15) is 18.0 Å². The molecule has 0 aliphatic heterocycles. The quantitative estimate of drug-likeness (QED) is 0.660. The smallest absolute Gasteiger partial charge is 0.416 e. The van der Waals surface area contributed by atoms with Gasteiger partial charge >= 0.3 is 6.18 Å². The van der Waals surface area contributed by atoms with Gasteiger partial charge in [0.25, 0.3) is 0 Å². The number of furan rings is 1. The molecule has 0 unspecified atom stereocenters. The van der Waals surface area contributed by atoms with Crippen molar-refractivity contribution in [1.82, 2.24) is 4.98 Å². The van der Waals surface area contributed by atoms with E-state index in [-0.39, 0.29) is 11.7 Å². The summed E-state index contributed by atoms with van der Waals surface area (Å²) in [6.07, 6.45) is -2.87. The molecule has 1 amide bonds. The number of hydrogen-bond donors (Lipinski definition) is 1. The number of benzene rings is 1. The van der Waals surface area contributed by atoms with Crippen LogP contribution in [-0.4, -0.2) is 10.9 Å². The summed E-state index contributed by atoms with van der Waals surface area (Å²) in [5.41, 5.74) is 0.0569. The molecule has 0 saturated carbocycles. The molecule has 1 aromatic carbocycles. The largest absolute Gasteiger partial charge is 0.463 e. The second-order valence-electron chi connectivity index (χ2n) is 6.27. The Bertz CT molecular complexity index is 938. The number of nitrogens with zero attached hydrogens (tertiary/aromatic N) is 2. The molecule has 2 heterocycles. The SMILES string of the molecule is CC(=O)N(c1cccc(C(F)(F)F)c1)c1nc(C[NH2+][C@H](C)c2ccco2)cs1. The van der Waals surface area contributed by atoms with Crippen LogP contribution in [0.5, 0.6) is 0 Å². The minimum atomic E-state index is -4.48. The van der Waals surface area contributed by atoms with Gasteiger partial charge in [-0.1, -0.05) is 6.07 Å². The molecule has 2 aromatic heterocycles. The van der Waals surface area contributed by atoms with Crippen molar-refractivity contribution in [3.8, 4) is 0 Å². The average molecular weight is 410 g/mol. The number of alkyl halides is 3. The van der Waals surface area contributed by atoms with Gasteiger partial charge in [-0.2, -0.15) is 13.2 Å². The van der Waals surface area contributed by atoms with Gasteiger partial charge in [0.15, 0.2) is 10.9 Å². The molecule has 3 rings (SSSR count). The molecule has 0 fully saturated rings. The van der Waals surface area contributed by atoms with Crippen molar-refractivity contribution in [1.29, 1.82) is 0 Å². The van der Waals surface area contributed by atoms with E-state index in [1.165, 1.54) is 35.3 Å². The second kappa shape index (κ2) is 8.15. The summed E-state index contributed by atoms with van der Waals surface area (Å²) in [5.74, 6) is 0.429. The Labute approximate surface area is 163 Å². The topological polar surface area (TPSA) is 63.0 Å².